The molecule has 168 valence electrons. The van der Waals surface area contributed by atoms with Gasteiger partial charge in [-0.15, -0.1) is 0 Å². The van der Waals surface area contributed by atoms with E-state index in [1.165, 1.54) is 86.8 Å². The van der Waals surface area contributed by atoms with Gasteiger partial charge in [-0.1, -0.05) is 12.8 Å². The van der Waals surface area contributed by atoms with Gasteiger partial charge >= 0.3 is 0 Å². The van der Waals surface area contributed by atoms with Crippen molar-refractivity contribution in [3.05, 3.63) is 23.4 Å². The van der Waals surface area contributed by atoms with Gasteiger partial charge in [-0.2, -0.15) is 0 Å². The minimum Gasteiger partial charge on any atom is -0.493 e. The summed E-state index contributed by atoms with van der Waals surface area (Å²) in [7, 11) is 1.74. The lowest BCUT2D eigenvalue weighted by atomic mass is 9.93. The molecule has 0 bridgehead atoms. The van der Waals surface area contributed by atoms with Crippen LogP contribution in [0.25, 0.3) is 10.9 Å². The molecule has 1 saturated carbocycles. The number of pyridine rings is 1. The van der Waals surface area contributed by atoms with Crippen molar-refractivity contribution in [1.82, 2.24) is 9.88 Å². The van der Waals surface area contributed by atoms with E-state index in [2.05, 4.69) is 22.3 Å². The second-order valence-corrected chi connectivity index (χ2v) is 9.49. The van der Waals surface area contributed by atoms with E-state index in [-0.39, 0.29) is 0 Å². The van der Waals surface area contributed by atoms with Crippen molar-refractivity contribution >= 4 is 16.6 Å². The highest BCUT2D eigenvalue weighted by atomic mass is 16.5. The molecule has 0 spiro atoms. The number of nitrogens with one attached hydrogen (secondary N) is 1. The van der Waals surface area contributed by atoms with Crippen LogP contribution >= 0.6 is 0 Å². The first-order valence-corrected chi connectivity index (χ1v) is 12.5. The number of fused-ring (bicyclic) bond motifs is 3. The van der Waals surface area contributed by atoms with E-state index in [0.717, 1.165) is 49.6 Å². The number of rotatable bonds is 7. The Bertz CT molecular complexity index is 901. The summed E-state index contributed by atoms with van der Waals surface area (Å²) < 4.78 is 12.0. The number of hydrogen-bond donors (Lipinski definition) is 1. The first-order chi connectivity index (χ1) is 15.3. The zero-order valence-corrected chi connectivity index (χ0v) is 19.0. The molecule has 0 amide bonds. The average Bonchev–Trinajstić information content (AvgIpc) is 3.46. The Kier molecular flexibility index (Phi) is 6.49. The van der Waals surface area contributed by atoms with E-state index < -0.39 is 0 Å². The summed E-state index contributed by atoms with van der Waals surface area (Å²) in [5.41, 5.74) is 5.14. The van der Waals surface area contributed by atoms with Gasteiger partial charge in [0.25, 0.3) is 0 Å². The van der Waals surface area contributed by atoms with E-state index in [9.17, 15) is 0 Å². The quantitative estimate of drug-likeness (QED) is 0.595. The Morgan fingerprint density at radius 3 is 2.68 bits per heavy atom. The highest BCUT2D eigenvalue weighted by Gasteiger charge is 2.26. The minimum atomic E-state index is 0.616. The Hall–Kier alpha value is -2.01. The smallest absolute Gasteiger partial charge is 0.163 e. The molecule has 2 aliphatic heterocycles. The molecule has 1 aromatic carbocycles. The number of aromatic nitrogens is 1. The molecule has 1 aromatic heterocycles. The number of nitrogens with zero attached hydrogens (tertiary/aromatic N) is 2. The predicted molar refractivity (Wildman–Crippen MR) is 127 cm³/mol. The fourth-order valence-electron chi connectivity index (χ4n) is 5.71. The molecule has 1 saturated heterocycles. The van der Waals surface area contributed by atoms with Gasteiger partial charge in [-0.3, -0.25) is 4.98 Å². The van der Waals surface area contributed by atoms with Crippen molar-refractivity contribution in [3.8, 4) is 11.5 Å². The number of anilines is 1. The molecule has 3 aliphatic rings. The molecule has 5 rings (SSSR count). The van der Waals surface area contributed by atoms with Crippen molar-refractivity contribution in [2.75, 3.05) is 45.2 Å². The van der Waals surface area contributed by atoms with Crippen LogP contribution in [0, 0.1) is 0 Å². The van der Waals surface area contributed by atoms with Gasteiger partial charge in [0.05, 0.1) is 19.2 Å². The van der Waals surface area contributed by atoms with Gasteiger partial charge in [-0.05, 0) is 76.1 Å². The van der Waals surface area contributed by atoms with Gasteiger partial charge in [0.2, 0.25) is 0 Å². The van der Waals surface area contributed by atoms with E-state index in [1.807, 2.05) is 0 Å². The fraction of sp³-hybridized carbons (Fsp3) is 0.654. The number of hydrogen-bond acceptors (Lipinski definition) is 5. The Morgan fingerprint density at radius 2 is 1.87 bits per heavy atom. The highest BCUT2D eigenvalue weighted by molar-refractivity contribution is 5.96. The molecule has 0 radical (unpaired) electrons. The van der Waals surface area contributed by atoms with Crippen LogP contribution in [-0.4, -0.2) is 49.8 Å². The maximum Gasteiger partial charge on any atom is 0.163 e. The van der Waals surface area contributed by atoms with Gasteiger partial charge in [0.1, 0.15) is 0 Å². The van der Waals surface area contributed by atoms with E-state index in [0.29, 0.717) is 5.92 Å². The summed E-state index contributed by atoms with van der Waals surface area (Å²) in [6, 6.07) is 4.27. The molecule has 1 N–H and O–H groups in total. The van der Waals surface area contributed by atoms with Crippen LogP contribution in [-0.2, 0) is 6.42 Å². The molecule has 1 aliphatic carbocycles. The van der Waals surface area contributed by atoms with Crippen molar-refractivity contribution in [1.29, 1.82) is 0 Å². The van der Waals surface area contributed by atoms with Gasteiger partial charge in [0.15, 0.2) is 11.5 Å². The summed E-state index contributed by atoms with van der Waals surface area (Å²) in [6.45, 7) is 5.36. The Labute approximate surface area is 186 Å². The Morgan fingerprint density at radius 1 is 1.03 bits per heavy atom. The topological polar surface area (TPSA) is 46.6 Å². The van der Waals surface area contributed by atoms with Crippen molar-refractivity contribution in [2.45, 2.75) is 70.1 Å². The lowest BCUT2D eigenvalue weighted by Gasteiger charge is -2.21. The average molecular weight is 424 g/mol. The molecule has 0 atom stereocenters. The number of ether oxygens (including phenoxy) is 2. The third kappa shape index (κ3) is 4.48. The molecule has 2 fully saturated rings. The zero-order chi connectivity index (χ0) is 21.0. The molecule has 5 heteroatoms. The summed E-state index contributed by atoms with van der Waals surface area (Å²) in [4.78, 5) is 7.79. The standard InChI is InChI=1S/C26H37N3O2/c1-30-23-17-21-22(18-24(23)31-16-8-15-29-13-6-7-14-29)28-25(19-9-2-3-10-19)20-11-4-5-12-27-26(20)21/h17-19,27H,2-16H2,1H3. The number of benzene rings is 1. The van der Waals surface area contributed by atoms with Crippen molar-refractivity contribution in [2.24, 2.45) is 0 Å². The van der Waals surface area contributed by atoms with Gasteiger partial charge in [0, 0.05) is 41.8 Å². The second-order valence-electron chi connectivity index (χ2n) is 9.49. The first kappa shape index (κ1) is 20.9. The van der Waals surface area contributed by atoms with Crippen molar-refractivity contribution < 1.29 is 9.47 Å². The molecular weight excluding hydrogens is 386 g/mol. The zero-order valence-electron chi connectivity index (χ0n) is 19.0. The monoisotopic (exact) mass is 423 g/mol. The third-order valence-electron chi connectivity index (χ3n) is 7.38. The molecule has 2 aromatic rings. The minimum absolute atomic E-state index is 0.616. The van der Waals surface area contributed by atoms with Crippen LogP contribution in [0.5, 0.6) is 11.5 Å². The SMILES string of the molecule is COc1cc2c3c(c(C4CCCC4)nc2cc1OCCCN1CCCC1)CCCCN3. The van der Waals surface area contributed by atoms with Crippen LogP contribution in [0.2, 0.25) is 0 Å². The molecular formula is C26H37N3O2. The van der Waals surface area contributed by atoms with Crippen LogP contribution in [0.1, 0.15) is 75.0 Å². The lowest BCUT2D eigenvalue weighted by molar-refractivity contribution is 0.254. The molecule has 3 heterocycles. The summed E-state index contributed by atoms with van der Waals surface area (Å²) in [5.74, 6) is 2.26. The van der Waals surface area contributed by atoms with Gasteiger partial charge < -0.3 is 19.7 Å². The van der Waals surface area contributed by atoms with Crippen LogP contribution in [0.3, 0.4) is 0 Å². The summed E-state index contributed by atoms with van der Waals surface area (Å²) >= 11 is 0. The lowest BCUT2D eigenvalue weighted by Crippen LogP contribution is -2.21. The van der Waals surface area contributed by atoms with Crippen LogP contribution in [0.4, 0.5) is 5.69 Å². The maximum absolute atomic E-state index is 6.22. The van der Waals surface area contributed by atoms with E-state index in [1.54, 1.807) is 7.11 Å². The summed E-state index contributed by atoms with van der Waals surface area (Å²) in [5, 5.41) is 4.92. The first-order valence-electron chi connectivity index (χ1n) is 12.5. The van der Waals surface area contributed by atoms with E-state index in [4.69, 9.17) is 14.5 Å². The van der Waals surface area contributed by atoms with E-state index >= 15 is 0 Å². The normalized spacial score (nSPS) is 19.9. The number of likely N-dealkylation sites (tertiary alicyclic amines) is 1. The van der Waals surface area contributed by atoms with Crippen molar-refractivity contribution in [3.63, 3.8) is 0 Å². The van der Waals surface area contributed by atoms with Crippen LogP contribution in [0.15, 0.2) is 12.1 Å². The third-order valence-corrected chi connectivity index (χ3v) is 7.38. The summed E-state index contributed by atoms with van der Waals surface area (Å²) in [6.07, 6.45) is 12.5. The highest BCUT2D eigenvalue weighted by Crippen LogP contribution is 2.43. The number of methoxy groups -OCH3 is 1. The van der Waals surface area contributed by atoms with Crippen LogP contribution < -0.4 is 14.8 Å². The fourth-order valence-corrected chi connectivity index (χ4v) is 5.71. The molecule has 5 nitrogen and oxygen atoms in total. The molecule has 31 heavy (non-hydrogen) atoms. The van der Waals surface area contributed by atoms with Gasteiger partial charge in [-0.25, -0.2) is 0 Å². The maximum atomic E-state index is 6.22. The largest absolute Gasteiger partial charge is 0.493 e. The Balaban J connectivity index is 1.44. The predicted octanol–water partition coefficient (Wildman–Crippen LogP) is 5.51. The second kappa shape index (κ2) is 9.64. The molecule has 0 unspecified atom stereocenters.